The minimum atomic E-state index is -1.45. The van der Waals surface area contributed by atoms with Crippen LogP contribution in [-0.4, -0.2) is 58.6 Å². The van der Waals surface area contributed by atoms with Crippen LogP contribution >= 0.6 is 11.3 Å². The smallest absolute Gasteiger partial charge is 0.339 e. The minimum Gasteiger partial charge on any atom is -0.403 e. The molecule has 144 valence electrons. The predicted molar refractivity (Wildman–Crippen MR) is 101 cm³/mol. The molecule has 3 fully saturated rings. The van der Waals surface area contributed by atoms with Gasteiger partial charge in [0.25, 0.3) is 0 Å². The van der Waals surface area contributed by atoms with Gasteiger partial charge in [-0.05, 0) is 36.4 Å². The molecule has 3 saturated heterocycles. The number of nitrogens with zero attached hydrogens (tertiary/aromatic N) is 4. The molecule has 6 heterocycles. The monoisotopic (exact) mass is 398 g/mol. The topological polar surface area (TPSA) is 84.9 Å². The quantitative estimate of drug-likeness (QED) is 0.708. The summed E-state index contributed by atoms with van der Waals surface area (Å²) in [6.45, 7) is 1.54. The first-order valence-corrected chi connectivity index (χ1v) is 10.0. The highest BCUT2D eigenvalue weighted by Crippen LogP contribution is 2.36. The number of thiophene rings is 1. The second kappa shape index (κ2) is 6.68. The van der Waals surface area contributed by atoms with E-state index >= 15 is 0 Å². The second-order valence-corrected chi connectivity index (χ2v) is 7.94. The summed E-state index contributed by atoms with van der Waals surface area (Å²) in [4.78, 5) is 29.2. The summed E-state index contributed by atoms with van der Waals surface area (Å²) in [7, 11) is 0. The molecule has 1 spiro atoms. The Balaban J connectivity index is 1.49. The molecule has 4 aliphatic heterocycles. The molecule has 0 aliphatic carbocycles. The number of ether oxygens (including phenoxy) is 2. The van der Waals surface area contributed by atoms with E-state index in [0.717, 1.165) is 35.6 Å². The van der Waals surface area contributed by atoms with Gasteiger partial charge in [-0.3, -0.25) is 0 Å². The maximum Gasteiger partial charge on any atom is 0.339 e. The number of hydrogen-bond donors (Lipinski definition) is 0. The Kier molecular flexibility index (Phi) is 4.13. The lowest BCUT2D eigenvalue weighted by atomic mass is 10.1. The summed E-state index contributed by atoms with van der Waals surface area (Å²) >= 11 is 1.61. The largest absolute Gasteiger partial charge is 0.403 e. The Labute approximate surface area is 165 Å². The van der Waals surface area contributed by atoms with E-state index in [-0.39, 0.29) is 12.6 Å². The average Bonchev–Trinajstić information content (AvgIpc) is 3.11. The fourth-order valence-electron chi connectivity index (χ4n) is 4.00. The fourth-order valence-corrected chi connectivity index (χ4v) is 4.69. The van der Waals surface area contributed by atoms with Crippen molar-refractivity contribution in [2.24, 2.45) is 0 Å². The summed E-state index contributed by atoms with van der Waals surface area (Å²) in [5, 5.41) is 10.8. The zero-order valence-corrected chi connectivity index (χ0v) is 15.8. The molecule has 8 nitrogen and oxygen atoms in total. The third-order valence-electron chi connectivity index (χ3n) is 5.35. The van der Waals surface area contributed by atoms with Crippen LogP contribution in [0.3, 0.4) is 0 Å². The number of esters is 2. The van der Waals surface area contributed by atoms with E-state index in [1.165, 1.54) is 0 Å². The van der Waals surface area contributed by atoms with E-state index in [4.69, 9.17) is 9.47 Å². The van der Waals surface area contributed by atoms with Crippen LogP contribution in [-0.2, 0) is 19.1 Å². The van der Waals surface area contributed by atoms with Gasteiger partial charge in [0, 0.05) is 31.3 Å². The maximum absolute atomic E-state index is 12.1. The highest BCUT2D eigenvalue weighted by Gasteiger charge is 2.52. The SMILES string of the molecule is O=C1C=CC(=O)OC2(CN(c3ccc(-c4cccs4)nn3)C3CCN2CC3)O1. The molecular formula is C19H18N4O4S. The van der Waals surface area contributed by atoms with E-state index in [1.807, 2.05) is 39.4 Å². The first-order valence-electron chi connectivity index (χ1n) is 9.16. The number of anilines is 1. The van der Waals surface area contributed by atoms with E-state index in [1.54, 1.807) is 11.3 Å². The van der Waals surface area contributed by atoms with E-state index in [9.17, 15) is 9.59 Å². The van der Waals surface area contributed by atoms with Crippen molar-refractivity contribution in [1.82, 2.24) is 15.1 Å². The van der Waals surface area contributed by atoms with E-state index in [0.29, 0.717) is 18.9 Å². The van der Waals surface area contributed by atoms with Crippen molar-refractivity contribution >= 4 is 29.1 Å². The van der Waals surface area contributed by atoms with Crippen LogP contribution in [0.5, 0.6) is 0 Å². The van der Waals surface area contributed by atoms with Gasteiger partial charge in [0.2, 0.25) is 0 Å². The molecule has 0 atom stereocenters. The van der Waals surface area contributed by atoms with Crippen molar-refractivity contribution in [1.29, 1.82) is 0 Å². The number of rotatable bonds is 2. The predicted octanol–water partition coefficient (Wildman–Crippen LogP) is 1.80. The number of aromatic nitrogens is 2. The zero-order chi connectivity index (χ0) is 19.1. The van der Waals surface area contributed by atoms with Gasteiger partial charge in [-0.2, -0.15) is 0 Å². The summed E-state index contributed by atoms with van der Waals surface area (Å²) in [5.41, 5.74) is 0.813. The molecule has 4 aliphatic rings. The van der Waals surface area contributed by atoms with Crippen molar-refractivity contribution in [3.63, 3.8) is 0 Å². The van der Waals surface area contributed by atoms with Crippen LogP contribution in [0.4, 0.5) is 5.82 Å². The lowest BCUT2D eigenvalue weighted by Crippen LogP contribution is -2.58. The van der Waals surface area contributed by atoms with Crippen LogP contribution in [0.1, 0.15) is 12.8 Å². The Morgan fingerprint density at radius 2 is 1.79 bits per heavy atom. The van der Waals surface area contributed by atoms with Crippen LogP contribution in [0.2, 0.25) is 0 Å². The lowest BCUT2D eigenvalue weighted by molar-refractivity contribution is -0.274. The lowest BCUT2D eigenvalue weighted by Gasteiger charge is -2.39. The van der Waals surface area contributed by atoms with Gasteiger partial charge in [0.05, 0.1) is 4.88 Å². The van der Waals surface area contributed by atoms with E-state index < -0.39 is 17.8 Å². The molecule has 0 unspecified atom stereocenters. The molecule has 0 aromatic carbocycles. The Morgan fingerprint density at radius 3 is 2.39 bits per heavy atom. The first-order chi connectivity index (χ1) is 13.6. The van der Waals surface area contributed by atoms with Crippen molar-refractivity contribution in [2.45, 2.75) is 24.8 Å². The average molecular weight is 398 g/mol. The summed E-state index contributed by atoms with van der Waals surface area (Å²) in [6, 6.07) is 8.05. The van der Waals surface area contributed by atoms with Gasteiger partial charge >= 0.3 is 17.8 Å². The number of hydrogen-bond acceptors (Lipinski definition) is 9. The molecule has 2 aromatic heterocycles. The van der Waals surface area contributed by atoms with Gasteiger partial charge in [-0.25, -0.2) is 14.5 Å². The minimum absolute atomic E-state index is 0.198. The van der Waals surface area contributed by atoms with Gasteiger partial charge in [0.1, 0.15) is 12.2 Å². The zero-order valence-electron chi connectivity index (χ0n) is 15.0. The number of piperidine rings is 1. The molecule has 0 radical (unpaired) electrons. The van der Waals surface area contributed by atoms with Crippen LogP contribution in [0.15, 0.2) is 41.8 Å². The van der Waals surface area contributed by atoms with Gasteiger partial charge in [0.15, 0.2) is 5.82 Å². The van der Waals surface area contributed by atoms with Crippen molar-refractivity contribution in [2.75, 3.05) is 24.5 Å². The van der Waals surface area contributed by atoms with Crippen LogP contribution in [0.25, 0.3) is 10.6 Å². The summed E-state index contributed by atoms with van der Waals surface area (Å²) in [6.07, 6.45) is 3.93. The number of carbonyl (C=O) groups excluding carboxylic acids is 2. The second-order valence-electron chi connectivity index (χ2n) is 6.99. The van der Waals surface area contributed by atoms with Crippen molar-refractivity contribution in [3.8, 4) is 10.6 Å². The maximum atomic E-state index is 12.1. The molecular weight excluding hydrogens is 380 g/mol. The summed E-state index contributed by atoms with van der Waals surface area (Å²) in [5.74, 6) is -1.94. The molecule has 0 saturated carbocycles. The number of carbonyl (C=O) groups is 2. The third-order valence-corrected chi connectivity index (χ3v) is 6.24. The standard InChI is InChI=1S/C19H18N4O4S/c24-17-5-6-18(25)27-19(26-17)12-23(13-7-9-22(19)10-8-13)16-4-3-14(20-21-16)15-2-1-11-28-15/h1-6,11,13H,7-10,12H2. The van der Waals surface area contributed by atoms with Crippen molar-refractivity contribution in [3.05, 3.63) is 41.8 Å². The highest BCUT2D eigenvalue weighted by atomic mass is 32.1. The van der Waals surface area contributed by atoms with Crippen LogP contribution < -0.4 is 4.90 Å². The molecule has 9 heteroatoms. The molecule has 28 heavy (non-hydrogen) atoms. The number of fused-ring (bicyclic) bond motifs is 3. The summed E-state index contributed by atoms with van der Waals surface area (Å²) < 4.78 is 11.2. The molecule has 0 N–H and O–H groups in total. The van der Waals surface area contributed by atoms with Crippen molar-refractivity contribution < 1.29 is 19.1 Å². The Morgan fingerprint density at radius 1 is 1.04 bits per heavy atom. The third kappa shape index (κ3) is 2.96. The fraction of sp³-hybridized carbons (Fsp3) is 0.368. The van der Waals surface area contributed by atoms with Gasteiger partial charge in [-0.15, -0.1) is 21.5 Å². The normalized spacial score (nSPS) is 25.9. The molecule has 2 aromatic rings. The first kappa shape index (κ1) is 17.3. The van der Waals surface area contributed by atoms with Gasteiger partial charge < -0.3 is 14.4 Å². The van der Waals surface area contributed by atoms with E-state index in [2.05, 4.69) is 10.2 Å². The highest BCUT2D eigenvalue weighted by molar-refractivity contribution is 7.13. The Hall–Kier alpha value is -2.78. The van der Waals surface area contributed by atoms with Crippen LogP contribution in [0, 0.1) is 0 Å². The van der Waals surface area contributed by atoms with Gasteiger partial charge in [-0.1, -0.05) is 6.07 Å². The Bertz CT molecular complexity index is 900. The molecule has 2 bridgehead atoms. The molecule has 0 amide bonds. The molecule has 6 rings (SSSR count).